The third-order valence-electron chi connectivity index (χ3n) is 2.70. The molecule has 1 atom stereocenters. The summed E-state index contributed by atoms with van der Waals surface area (Å²) < 4.78 is 11.0. The van der Waals surface area contributed by atoms with Crippen LogP contribution in [0.25, 0.3) is 10.8 Å². The van der Waals surface area contributed by atoms with Gasteiger partial charge in [-0.1, -0.05) is 30.3 Å². The number of halogens is 2. The molecule has 2 rings (SSSR count). The van der Waals surface area contributed by atoms with Crippen LogP contribution in [0.5, 0.6) is 5.75 Å². The van der Waals surface area contributed by atoms with E-state index in [2.05, 4.69) is 52.1 Å². The Balaban J connectivity index is 0.000000677. The Kier molecular flexibility index (Phi) is 11.1. The van der Waals surface area contributed by atoms with Crippen LogP contribution in [-0.4, -0.2) is 31.0 Å². The molecule has 2 aromatic rings. The van der Waals surface area contributed by atoms with Gasteiger partial charge in [-0.05, 0) is 29.8 Å². The average molecular weight is 551 g/mol. The van der Waals surface area contributed by atoms with E-state index in [1.807, 2.05) is 37.3 Å². The molecule has 6 heteroatoms. The fourth-order valence-electron chi connectivity index (χ4n) is 1.77. The topological polar surface area (TPSA) is 38.7 Å². The average Bonchev–Trinajstić information content (AvgIpc) is 2.51. The van der Waals surface area contributed by atoms with Crippen molar-refractivity contribution in [3.05, 3.63) is 42.5 Å². The second-order valence-electron chi connectivity index (χ2n) is 4.29. The van der Waals surface area contributed by atoms with E-state index >= 15 is 0 Å². The third-order valence-corrected chi connectivity index (χ3v) is 2.70. The molecule has 0 heterocycles. The van der Waals surface area contributed by atoms with E-state index in [0.717, 1.165) is 5.75 Å². The van der Waals surface area contributed by atoms with Crippen LogP contribution in [0.2, 0.25) is 0 Å². The van der Waals surface area contributed by atoms with Crippen molar-refractivity contribution in [2.24, 2.45) is 0 Å². The molecule has 0 spiro atoms. The maximum atomic E-state index is 8.65. The Morgan fingerprint density at radius 3 is 2.48 bits per heavy atom. The predicted octanol–water partition coefficient (Wildman–Crippen LogP) is 4.38. The molecule has 0 fully saturated rings. The fraction of sp³-hybridized carbons (Fsp3) is 0.333. The number of rotatable bonds is 6. The van der Waals surface area contributed by atoms with Crippen LogP contribution in [0.4, 0.5) is 0 Å². The van der Waals surface area contributed by atoms with Gasteiger partial charge in [0.05, 0.1) is 19.3 Å². The van der Waals surface area contributed by atoms with Crippen LogP contribution in [0.15, 0.2) is 42.5 Å². The zero-order chi connectivity index (χ0) is 15.5. The van der Waals surface area contributed by atoms with Gasteiger partial charge in [-0.15, -0.1) is 0 Å². The number of fused-ring (bicyclic) bond motifs is 1. The van der Waals surface area contributed by atoms with Gasteiger partial charge in [-0.25, -0.2) is 0 Å². The summed E-state index contributed by atoms with van der Waals surface area (Å²) in [4.78, 5) is 0. The van der Waals surface area contributed by atoms with Gasteiger partial charge < -0.3 is 14.6 Å². The Morgan fingerprint density at radius 1 is 1.14 bits per heavy atom. The molecule has 0 bridgehead atoms. The van der Waals surface area contributed by atoms with Crippen molar-refractivity contribution in [1.82, 2.24) is 0 Å². The van der Waals surface area contributed by atoms with Crippen molar-refractivity contribution >= 4 is 50.7 Å². The van der Waals surface area contributed by atoms with E-state index in [9.17, 15) is 0 Å². The summed E-state index contributed by atoms with van der Waals surface area (Å²) >= 11 is 4.74. The zero-order valence-electron chi connectivity index (χ0n) is 11.7. The number of benzene rings is 2. The summed E-state index contributed by atoms with van der Waals surface area (Å²) in [6.07, 6.45) is -0.0244. The minimum atomic E-state index is -0.0244. The van der Waals surface area contributed by atoms with Crippen LogP contribution in [0.3, 0.4) is 0 Å². The van der Waals surface area contributed by atoms with E-state index < -0.39 is 0 Å². The first-order valence-electron chi connectivity index (χ1n) is 6.47. The Morgan fingerprint density at radius 2 is 1.81 bits per heavy atom. The molecule has 2 aromatic carbocycles. The first-order valence-corrected chi connectivity index (χ1v) is 15.5. The zero-order valence-corrected chi connectivity index (χ0v) is 17.4. The summed E-state index contributed by atoms with van der Waals surface area (Å²) in [5.74, 6) is 0.841. The molecular formula is C15H18I2O3V. The summed E-state index contributed by atoms with van der Waals surface area (Å²) in [5, 5.41) is 11.0. The van der Waals surface area contributed by atoms with Crippen LogP contribution >= 0.6 is 40.0 Å². The van der Waals surface area contributed by atoms with Crippen molar-refractivity contribution in [1.29, 1.82) is 0 Å². The van der Waals surface area contributed by atoms with Gasteiger partial charge in [0.25, 0.3) is 0 Å². The molecule has 3 nitrogen and oxygen atoms in total. The number of hydrogen-bond donors (Lipinski definition) is 1. The van der Waals surface area contributed by atoms with Crippen molar-refractivity contribution < 1.29 is 24.0 Å². The van der Waals surface area contributed by atoms with Crippen LogP contribution in [0, 0.1) is 0 Å². The molecule has 1 unspecified atom stereocenters. The molecule has 0 aliphatic heterocycles. The monoisotopic (exact) mass is 551 g/mol. The van der Waals surface area contributed by atoms with E-state index in [4.69, 9.17) is 14.6 Å². The van der Waals surface area contributed by atoms with Crippen molar-refractivity contribution in [3.8, 4) is 5.75 Å². The van der Waals surface area contributed by atoms with Gasteiger partial charge in [0, 0.05) is 0 Å². The van der Waals surface area contributed by atoms with E-state index in [-0.39, 0.29) is 12.7 Å². The standard InChI is InChI=1S/C15H18O3.2HI.V/c1-12(17-9-8-16)11-18-15-7-6-13-4-2-3-5-14(13)10-15;;;/h2-7,10,12,16H,8-9,11H2,1H3;2*1H;/q;;;+2/p-2. The van der Waals surface area contributed by atoms with Crippen molar-refractivity contribution in [3.63, 3.8) is 0 Å². The molecule has 0 radical (unpaired) electrons. The summed E-state index contributed by atoms with van der Waals surface area (Å²) in [7, 11) is 0.628. The van der Waals surface area contributed by atoms with Gasteiger partial charge in [0.2, 0.25) is 0 Å². The van der Waals surface area contributed by atoms with Gasteiger partial charge in [-0.3, -0.25) is 0 Å². The SMILES string of the molecule is CC(COc1ccc2ccccc2c1)OCCO.[I][V][I]. The quantitative estimate of drug-likeness (QED) is 0.543. The maximum absolute atomic E-state index is 8.65. The molecule has 1 N–H and O–H groups in total. The summed E-state index contributed by atoms with van der Waals surface area (Å²) in [6.45, 7) is 2.80. The van der Waals surface area contributed by atoms with Crippen LogP contribution in [0.1, 0.15) is 6.92 Å². The first-order chi connectivity index (χ1) is 10.2. The van der Waals surface area contributed by atoms with E-state index in [0.29, 0.717) is 22.7 Å². The van der Waals surface area contributed by atoms with Crippen LogP contribution in [-0.2, 0) is 14.2 Å². The van der Waals surface area contributed by atoms with Gasteiger partial charge in [0.15, 0.2) is 0 Å². The molecule has 0 aliphatic carbocycles. The molecule has 0 saturated heterocycles. The Labute approximate surface area is 154 Å². The molecular weight excluding hydrogens is 533 g/mol. The van der Waals surface area contributed by atoms with Gasteiger partial charge in [0.1, 0.15) is 12.4 Å². The summed E-state index contributed by atoms with van der Waals surface area (Å²) in [6, 6.07) is 14.2. The van der Waals surface area contributed by atoms with Crippen LogP contribution < -0.4 is 4.74 Å². The normalized spacial score (nSPS) is 11.4. The molecule has 0 saturated carbocycles. The Hall–Kier alpha value is 0.464. The predicted molar refractivity (Wildman–Crippen MR) is 100.0 cm³/mol. The summed E-state index contributed by atoms with van der Waals surface area (Å²) in [5.41, 5.74) is 0. The number of aliphatic hydroxyl groups is 1. The molecule has 0 amide bonds. The first kappa shape index (κ1) is 19.5. The minimum absolute atomic E-state index is 0.0244. The van der Waals surface area contributed by atoms with Crippen molar-refractivity contribution in [2.75, 3.05) is 19.8 Å². The number of ether oxygens (including phenoxy) is 2. The van der Waals surface area contributed by atoms with Crippen molar-refractivity contribution in [2.45, 2.75) is 13.0 Å². The molecule has 0 aromatic heterocycles. The van der Waals surface area contributed by atoms with E-state index in [1.165, 1.54) is 10.8 Å². The van der Waals surface area contributed by atoms with Gasteiger partial charge >= 0.3 is 49.4 Å². The number of aliphatic hydroxyl groups excluding tert-OH is 1. The third kappa shape index (κ3) is 8.04. The van der Waals surface area contributed by atoms with Gasteiger partial charge in [-0.2, -0.15) is 0 Å². The number of hydrogen-bond acceptors (Lipinski definition) is 3. The molecule has 21 heavy (non-hydrogen) atoms. The van der Waals surface area contributed by atoms with E-state index in [1.54, 1.807) is 0 Å². The Bertz CT molecular complexity index is 525. The molecule has 0 aliphatic rings. The molecule has 115 valence electrons. The second-order valence-corrected chi connectivity index (χ2v) is 16.1. The second kappa shape index (κ2) is 12.0. The fourth-order valence-corrected chi connectivity index (χ4v) is 1.77.